The SMILES string of the molecule is O=C(NCC(=O)N1CCC(c2ccccc2CN2CCCC2=O)CC1)c1cc(=O)c2cc(Cl)ccc2o1. The summed E-state index contributed by atoms with van der Waals surface area (Å²) < 4.78 is 5.55. The van der Waals surface area contributed by atoms with E-state index in [0.717, 1.165) is 31.9 Å². The summed E-state index contributed by atoms with van der Waals surface area (Å²) in [4.78, 5) is 53.5. The van der Waals surface area contributed by atoms with E-state index < -0.39 is 5.91 Å². The molecule has 0 bridgehead atoms. The van der Waals surface area contributed by atoms with Crippen LogP contribution in [0.3, 0.4) is 0 Å². The van der Waals surface area contributed by atoms with Gasteiger partial charge in [0, 0.05) is 43.7 Å². The van der Waals surface area contributed by atoms with Gasteiger partial charge in [-0.25, -0.2) is 0 Å². The van der Waals surface area contributed by atoms with E-state index in [1.807, 2.05) is 17.0 Å². The number of carbonyl (C=O) groups is 3. The van der Waals surface area contributed by atoms with Crippen molar-refractivity contribution in [2.75, 3.05) is 26.2 Å². The van der Waals surface area contributed by atoms with E-state index in [9.17, 15) is 19.2 Å². The quantitative estimate of drug-likeness (QED) is 0.533. The number of piperidine rings is 1. The van der Waals surface area contributed by atoms with Crippen LogP contribution in [0.25, 0.3) is 11.0 Å². The molecule has 2 aliphatic heterocycles. The zero-order chi connectivity index (χ0) is 25.9. The highest BCUT2D eigenvalue weighted by Crippen LogP contribution is 2.31. The highest BCUT2D eigenvalue weighted by atomic mass is 35.5. The molecule has 0 atom stereocenters. The Kier molecular flexibility index (Phi) is 7.28. The second-order valence-corrected chi connectivity index (χ2v) is 10.0. The van der Waals surface area contributed by atoms with Gasteiger partial charge >= 0.3 is 0 Å². The molecular weight excluding hydrogens is 494 g/mol. The van der Waals surface area contributed by atoms with Crippen LogP contribution >= 0.6 is 11.6 Å². The maximum atomic E-state index is 12.8. The smallest absolute Gasteiger partial charge is 0.287 e. The number of hydrogen-bond acceptors (Lipinski definition) is 5. The number of hydrogen-bond donors (Lipinski definition) is 1. The molecule has 2 aromatic carbocycles. The lowest BCUT2D eigenvalue weighted by atomic mass is 9.86. The Morgan fingerprint density at radius 3 is 2.57 bits per heavy atom. The average Bonchev–Trinajstić information content (AvgIpc) is 3.31. The predicted molar refractivity (Wildman–Crippen MR) is 139 cm³/mol. The summed E-state index contributed by atoms with van der Waals surface area (Å²) in [5.74, 6) is -0.433. The van der Waals surface area contributed by atoms with Gasteiger partial charge < -0.3 is 19.5 Å². The summed E-state index contributed by atoms with van der Waals surface area (Å²) in [5, 5.41) is 3.26. The van der Waals surface area contributed by atoms with Gasteiger partial charge in [-0.15, -0.1) is 0 Å². The fraction of sp³-hybridized carbons (Fsp3) is 0.357. The first kappa shape index (κ1) is 25.0. The molecule has 5 rings (SSSR count). The Bertz CT molecular complexity index is 1410. The van der Waals surface area contributed by atoms with Gasteiger partial charge in [-0.3, -0.25) is 19.2 Å². The van der Waals surface area contributed by atoms with Crippen molar-refractivity contribution in [3.05, 3.63) is 80.7 Å². The van der Waals surface area contributed by atoms with Crippen molar-refractivity contribution in [2.24, 2.45) is 0 Å². The molecule has 37 heavy (non-hydrogen) atoms. The zero-order valence-electron chi connectivity index (χ0n) is 20.4. The molecule has 1 N–H and O–H groups in total. The average molecular weight is 522 g/mol. The Morgan fingerprint density at radius 2 is 1.81 bits per heavy atom. The van der Waals surface area contributed by atoms with Crippen LogP contribution in [-0.2, 0) is 16.1 Å². The summed E-state index contributed by atoms with van der Waals surface area (Å²) in [6.07, 6.45) is 3.17. The molecule has 2 fully saturated rings. The summed E-state index contributed by atoms with van der Waals surface area (Å²) in [5.41, 5.74) is 2.30. The maximum absolute atomic E-state index is 12.8. The third kappa shape index (κ3) is 5.54. The van der Waals surface area contributed by atoms with Gasteiger partial charge in [-0.2, -0.15) is 0 Å². The third-order valence-electron chi connectivity index (χ3n) is 7.19. The molecule has 0 radical (unpaired) electrons. The van der Waals surface area contributed by atoms with E-state index in [1.54, 1.807) is 11.0 Å². The molecule has 3 heterocycles. The number of nitrogens with zero attached hydrogens (tertiary/aromatic N) is 2. The van der Waals surface area contributed by atoms with Crippen LogP contribution in [-0.4, -0.2) is 53.7 Å². The number of rotatable bonds is 6. The van der Waals surface area contributed by atoms with E-state index in [4.69, 9.17) is 16.0 Å². The molecule has 0 aliphatic carbocycles. The Balaban J connectivity index is 1.16. The molecule has 8 nitrogen and oxygen atoms in total. The Labute approximate surface area is 219 Å². The first-order chi connectivity index (χ1) is 17.9. The molecule has 3 amide bonds. The van der Waals surface area contributed by atoms with E-state index in [2.05, 4.69) is 17.4 Å². The first-order valence-corrected chi connectivity index (χ1v) is 12.9. The predicted octanol–water partition coefficient (Wildman–Crippen LogP) is 3.70. The number of carbonyl (C=O) groups excluding carboxylic acids is 3. The van der Waals surface area contributed by atoms with Crippen molar-refractivity contribution in [1.82, 2.24) is 15.1 Å². The minimum Gasteiger partial charge on any atom is -0.451 e. The fourth-order valence-corrected chi connectivity index (χ4v) is 5.36. The van der Waals surface area contributed by atoms with Crippen LogP contribution in [0, 0.1) is 0 Å². The van der Waals surface area contributed by atoms with Gasteiger partial charge in [0.2, 0.25) is 11.8 Å². The number of amides is 3. The molecular formula is C28H28ClN3O5. The summed E-state index contributed by atoms with van der Waals surface area (Å²) in [6.45, 7) is 2.44. The van der Waals surface area contributed by atoms with Crippen molar-refractivity contribution in [3.8, 4) is 0 Å². The van der Waals surface area contributed by atoms with Crippen molar-refractivity contribution in [2.45, 2.75) is 38.1 Å². The molecule has 0 saturated carbocycles. The van der Waals surface area contributed by atoms with Gasteiger partial charge in [0.25, 0.3) is 5.91 Å². The van der Waals surface area contributed by atoms with Crippen molar-refractivity contribution < 1.29 is 18.8 Å². The Hall–Kier alpha value is -3.65. The summed E-state index contributed by atoms with van der Waals surface area (Å²) in [7, 11) is 0. The molecule has 0 unspecified atom stereocenters. The maximum Gasteiger partial charge on any atom is 0.287 e. The summed E-state index contributed by atoms with van der Waals surface area (Å²) >= 11 is 5.93. The first-order valence-electron chi connectivity index (χ1n) is 12.5. The molecule has 1 aromatic heterocycles. The minimum atomic E-state index is -0.623. The number of fused-ring (bicyclic) bond motifs is 1. The largest absolute Gasteiger partial charge is 0.451 e. The van der Waals surface area contributed by atoms with Gasteiger partial charge in [0.1, 0.15) is 5.58 Å². The number of nitrogens with one attached hydrogen (secondary N) is 1. The molecule has 9 heteroatoms. The lowest BCUT2D eigenvalue weighted by molar-refractivity contribution is -0.131. The standard InChI is InChI=1S/C28H28ClN3O5/c29-20-7-8-24-22(14-20)23(33)15-25(37-24)28(36)30-16-27(35)31-12-9-18(10-13-31)21-5-2-1-4-19(21)17-32-11-3-6-26(32)34/h1-2,4-5,7-8,14-15,18H,3,6,9-13,16-17H2,(H,30,36). The number of likely N-dealkylation sites (tertiary alicyclic amines) is 2. The van der Waals surface area contributed by atoms with Crippen LogP contribution in [0.15, 0.2) is 57.7 Å². The second-order valence-electron chi connectivity index (χ2n) is 9.57. The van der Waals surface area contributed by atoms with Crippen LogP contribution < -0.4 is 10.7 Å². The van der Waals surface area contributed by atoms with Crippen LogP contribution in [0.4, 0.5) is 0 Å². The number of benzene rings is 2. The zero-order valence-corrected chi connectivity index (χ0v) is 21.1. The van der Waals surface area contributed by atoms with Crippen LogP contribution in [0.2, 0.25) is 5.02 Å². The van der Waals surface area contributed by atoms with Crippen molar-refractivity contribution >= 4 is 40.3 Å². The van der Waals surface area contributed by atoms with Gasteiger partial charge in [0.15, 0.2) is 11.2 Å². The highest BCUT2D eigenvalue weighted by molar-refractivity contribution is 6.31. The Morgan fingerprint density at radius 1 is 1.03 bits per heavy atom. The van der Waals surface area contributed by atoms with Gasteiger partial charge in [-0.05, 0) is 54.5 Å². The second kappa shape index (κ2) is 10.8. The van der Waals surface area contributed by atoms with E-state index in [1.165, 1.54) is 23.3 Å². The summed E-state index contributed by atoms with van der Waals surface area (Å²) in [6, 6.07) is 14.0. The lowest BCUT2D eigenvalue weighted by Gasteiger charge is -2.33. The molecule has 2 saturated heterocycles. The number of halogens is 1. The van der Waals surface area contributed by atoms with E-state index in [-0.39, 0.29) is 40.5 Å². The minimum absolute atomic E-state index is 0.153. The molecule has 192 valence electrons. The van der Waals surface area contributed by atoms with E-state index in [0.29, 0.717) is 37.0 Å². The third-order valence-corrected chi connectivity index (χ3v) is 7.42. The van der Waals surface area contributed by atoms with E-state index >= 15 is 0 Å². The molecule has 0 spiro atoms. The van der Waals surface area contributed by atoms with Crippen molar-refractivity contribution in [1.29, 1.82) is 0 Å². The van der Waals surface area contributed by atoms with Gasteiger partial charge in [0.05, 0.1) is 11.9 Å². The van der Waals surface area contributed by atoms with Gasteiger partial charge in [-0.1, -0.05) is 35.9 Å². The topological polar surface area (TPSA) is 99.9 Å². The monoisotopic (exact) mass is 521 g/mol. The molecule has 3 aromatic rings. The lowest BCUT2D eigenvalue weighted by Crippen LogP contribution is -2.44. The normalized spacial score (nSPS) is 16.4. The van der Waals surface area contributed by atoms with Crippen molar-refractivity contribution in [3.63, 3.8) is 0 Å². The molecule has 2 aliphatic rings. The van der Waals surface area contributed by atoms with Crippen LogP contribution in [0.5, 0.6) is 0 Å². The highest BCUT2D eigenvalue weighted by Gasteiger charge is 2.27. The van der Waals surface area contributed by atoms with Crippen LogP contribution in [0.1, 0.15) is 53.3 Å². The fourth-order valence-electron chi connectivity index (χ4n) is 5.19.